The number of nitrogens with zero attached hydrogens (tertiary/aromatic N) is 2. The van der Waals surface area contributed by atoms with Crippen LogP contribution in [0.15, 0.2) is 0 Å². The minimum absolute atomic E-state index is 0.0938. The molecule has 1 aromatic rings. The lowest BCUT2D eigenvalue weighted by atomic mass is 10.3. The summed E-state index contributed by atoms with van der Waals surface area (Å²) in [5.74, 6) is 0.828. The lowest BCUT2D eigenvalue weighted by Crippen LogP contribution is -2.14. The molecule has 1 aliphatic rings. The zero-order valence-electron chi connectivity index (χ0n) is 8.28. The van der Waals surface area contributed by atoms with E-state index in [-0.39, 0.29) is 11.8 Å². The molecular formula is C9H13N3OS. The Labute approximate surface area is 86.7 Å². The molecule has 76 valence electrons. The first-order valence-corrected chi connectivity index (χ1v) is 5.65. The highest BCUT2D eigenvalue weighted by Gasteiger charge is 2.39. The summed E-state index contributed by atoms with van der Waals surface area (Å²) in [4.78, 5) is 11.5. The normalized spacial score (nSPS) is 24.7. The number of nitrogens with one attached hydrogen (secondary N) is 1. The van der Waals surface area contributed by atoms with Gasteiger partial charge in [0.15, 0.2) is 0 Å². The van der Waals surface area contributed by atoms with E-state index < -0.39 is 0 Å². The molecule has 1 aromatic heterocycles. The van der Waals surface area contributed by atoms with Crippen LogP contribution in [0.4, 0.5) is 5.13 Å². The zero-order valence-corrected chi connectivity index (χ0v) is 9.10. The van der Waals surface area contributed by atoms with Gasteiger partial charge in [-0.25, -0.2) is 0 Å². The van der Waals surface area contributed by atoms with Gasteiger partial charge in [-0.3, -0.25) is 4.79 Å². The number of aromatic nitrogens is 2. The van der Waals surface area contributed by atoms with Gasteiger partial charge in [0.05, 0.1) is 0 Å². The molecule has 0 saturated heterocycles. The van der Waals surface area contributed by atoms with Gasteiger partial charge in [-0.15, -0.1) is 10.2 Å². The predicted octanol–water partition coefficient (Wildman–Crippen LogP) is 1.70. The lowest BCUT2D eigenvalue weighted by Gasteiger charge is -1.97. The molecule has 5 heteroatoms. The zero-order chi connectivity index (χ0) is 10.1. The summed E-state index contributed by atoms with van der Waals surface area (Å²) >= 11 is 1.45. The molecule has 2 atom stereocenters. The minimum Gasteiger partial charge on any atom is -0.300 e. The number of carbonyl (C=O) groups excluding carboxylic acids is 1. The molecule has 0 radical (unpaired) electrons. The molecule has 1 saturated carbocycles. The van der Waals surface area contributed by atoms with Gasteiger partial charge >= 0.3 is 0 Å². The summed E-state index contributed by atoms with van der Waals surface area (Å²) < 4.78 is 0. The van der Waals surface area contributed by atoms with E-state index in [1.165, 1.54) is 11.3 Å². The van der Waals surface area contributed by atoms with E-state index in [0.29, 0.717) is 11.0 Å². The highest BCUT2D eigenvalue weighted by Crippen LogP contribution is 2.38. The first-order valence-electron chi connectivity index (χ1n) is 4.84. The van der Waals surface area contributed by atoms with Gasteiger partial charge in [0.1, 0.15) is 5.01 Å². The van der Waals surface area contributed by atoms with E-state index in [0.717, 1.165) is 17.8 Å². The average Bonchev–Trinajstić information content (AvgIpc) is 2.74. The Morgan fingerprint density at radius 1 is 1.64 bits per heavy atom. The Kier molecular flexibility index (Phi) is 2.50. The monoisotopic (exact) mass is 211 g/mol. The second-order valence-corrected chi connectivity index (χ2v) is 4.73. The van der Waals surface area contributed by atoms with E-state index >= 15 is 0 Å². The molecule has 1 amide bonds. The number of amides is 1. The largest absolute Gasteiger partial charge is 0.300 e. The molecule has 1 N–H and O–H groups in total. The third kappa shape index (κ3) is 1.92. The van der Waals surface area contributed by atoms with Gasteiger partial charge in [0.2, 0.25) is 11.0 Å². The third-order valence-corrected chi connectivity index (χ3v) is 3.43. The van der Waals surface area contributed by atoms with Crippen molar-refractivity contribution in [1.29, 1.82) is 0 Å². The van der Waals surface area contributed by atoms with Crippen molar-refractivity contribution < 1.29 is 4.79 Å². The van der Waals surface area contributed by atoms with Crippen LogP contribution in [0, 0.1) is 11.8 Å². The number of hydrogen-bond donors (Lipinski definition) is 1. The van der Waals surface area contributed by atoms with E-state index in [1.807, 2.05) is 6.92 Å². The first kappa shape index (κ1) is 9.58. The summed E-state index contributed by atoms with van der Waals surface area (Å²) in [5.41, 5.74) is 0. The van der Waals surface area contributed by atoms with Gasteiger partial charge in [-0.1, -0.05) is 25.2 Å². The van der Waals surface area contributed by atoms with E-state index in [2.05, 4.69) is 22.4 Å². The number of anilines is 1. The van der Waals surface area contributed by atoms with Crippen LogP contribution in [-0.4, -0.2) is 16.1 Å². The molecule has 0 aliphatic heterocycles. The summed E-state index contributed by atoms with van der Waals surface area (Å²) in [6.45, 7) is 4.11. The maximum absolute atomic E-state index is 11.5. The van der Waals surface area contributed by atoms with Crippen molar-refractivity contribution in [2.24, 2.45) is 11.8 Å². The lowest BCUT2D eigenvalue weighted by molar-refractivity contribution is -0.117. The van der Waals surface area contributed by atoms with Gasteiger partial charge in [-0.05, 0) is 18.8 Å². The van der Waals surface area contributed by atoms with Crippen molar-refractivity contribution in [2.75, 3.05) is 5.32 Å². The fourth-order valence-corrected chi connectivity index (χ4v) is 2.01. The van der Waals surface area contributed by atoms with Crippen LogP contribution < -0.4 is 5.32 Å². The SMILES string of the molecule is CCc1nnc(NC(=O)[C@@H]2C[C@H]2C)s1. The number of carbonyl (C=O) groups is 1. The predicted molar refractivity (Wildman–Crippen MR) is 55.2 cm³/mol. The van der Waals surface area contributed by atoms with Crippen molar-refractivity contribution in [3.63, 3.8) is 0 Å². The van der Waals surface area contributed by atoms with E-state index in [9.17, 15) is 4.79 Å². The maximum atomic E-state index is 11.5. The van der Waals surface area contributed by atoms with Crippen LogP contribution in [0.25, 0.3) is 0 Å². The molecule has 0 unspecified atom stereocenters. The van der Waals surface area contributed by atoms with Crippen LogP contribution in [-0.2, 0) is 11.2 Å². The molecule has 2 rings (SSSR count). The Bertz CT molecular complexity index is 350. The molecule has 1 aliphatic carbocycles. The summed E-state index contributed by atoms with van der Waals surface area (Å²) in [6, 6.07) is 0. The number of aryl methyl sites for hydroxylation is 1. The Balaban J connectivity index is 1.93. The van der Waals surface area contributed by atoms with E-state index in [1.54, 1.807) is 0 Å². The average molecular weight is 211 g/mol. The van der Waals surface area contributed by atoms with Crippen molar-refractivity contribution >= 4 is 22.4 Å². The molecule has 14 heavy (non-hydrogen) atoms. The molecule has 0 aromatic carbocycles. The van der Waals surface area contributed by atoms with Crippen LogP contribution >= 0.6 is 11.3 Å². The summed E-state index contributed by atoms with van der Waals surface area (Å²) in [5, 5.41) is 12.2. The fourth-order valence-electron chi connectivity index (χ4n) is 1.33. The van der Waals surface area contributed by atoms with Crippen LogP contribution in [0.3, 0.4) is 0 Å². The smallest absolute Gasteiger partial charge is 0.229 e. The molecule has 4 nitrogen and oxygen atoms in total. The van der Waals surface area contributed by atoms with Crippen LogP contribution in [0.2, 0.25) is 0 Å². The maximum Gasteiger partial charge on any atom is 0.229 e. The highest BCUT2D eigenvalue weighted by molar-refractivity contribution is 7.15. The Morgan fingerprint density at radius 2 is 2.36 bits per heavy atom. The van der Waals surface area contributed by atoms with E-state index in [4.69, 9.17) is 0 Å². The van der Waals surface area contributed by atoms with Crippen molar-refractivity contribution in [1.82, 2.24) is 10.2 Å². The second kappa shape index (κ2) is 3.65. The first-order chi connectivity index (χ1) is 6.70. The molecule has 0 spiro atoms. The minimum atomic E-state index is 0.0938. The molecule has 1 heterocycles. The second-order valence-electron chi connectivity index (χ2n) is 3.66. The summed E-state index contributed by atoms with van der Waals surface area (Å²) in [6.07, 6.45) is 1.87. The van der Waals surface area contributed by atoms with Gasteiger partial charge < -0.3 is 5.32 Å². The standard InChI is InChI=1S/C9H13N3OS/c1-3-7-11-12-9(14-7)10-8(13)6-4-5(6)2/h5-6H,3-4H2,1-2H3,(H,10,12,13)/t5-,6-/m1/s1. The van der Waals surface area contributed by atoms with Crippen molar-refractivity contribution in [3.05, 3.63) is 5.01 Å². The number of rotatable bonds is 3. The van der Waals surface area contributed by atoms with Gasteiger partial charge in [-0.2, -0.15) is 0 Å². The topological polar surface area (TPSA) is 54.9 Å². The van der Waals surface area contributed by atoms with Crippen LogP contribution in [0.5, 0.6) is 0 Å². The van der Waals surface area contributed by atoms with Crippen LogP contribution in [0.1, 0.15) is 25.3 Å². The third-order valence-electron chi connectivity index (χ3n) is 2.45. The molecule has 0 bridgehead atoms. The quantitative estimate of drug-likeness (QED) is 0.827. The van der Waals surface area contributed by atoms with Gasteiger partial charge in [0.25, 0.3) is 0 Å². The van der Waals surface area contributed by atoms with Gasteiger partial charge in [0, 0.05) is 5.92 Å². The molecular weight excluding hydrogens is 198 g/mol. The fraction of sp³-hybridized carbons (Fsp3) is 0.667. The Hall–Kier alpha value is -0.970. The molecule has 1 fully saturated rings. The van der Waals surface area contributed by atoms with Crippen molar-refractivity contribution in [3.8, 4) is 0 Å². The Morgan fingerprint density at radius 3 is 2.86 bits per heavy atom. The number of hydrogen-bond acceptors (Lipinski definition) is 4. The van der Waals surface area contributed by atoms with Crippen molar-refractivity contribution in [2.45, 2.75) is 26.7 Å². The summed E-state index contributed by atoms with van der Waals surface area (Å²) in [7, 11) is 0. The highest BCUT2D eigenvalue weighted by atomic mass is 32.1.